The lowest BCUT2D eigenvalue weighted by Gasteiger charge is -2.30. The molecule has 3 fully saturated rings. The molecule has 10 heteroatoms. The lowest BCUT2D eigenvalue weighted by atomic mass is 9.91. The molecule has 0 bridgehead atoms. The molecule has 180 valence electrons. The molecule has 0 radical (unpaired) electrons. The molecule has 1 saturated heterocycles. The van der Waals surface area contributed by atoms with Gasteiger partial charge in [0.05, 0.1) is 25.3 Å². The second-order valence-electron chi connectivity index (χ2n) is 9.64. The topological polar surface area (TPSA) is 116 Å². The van der Waals surface area contributed by atoms with E-state index in [2.05, 4.69) is 5.32 Å². The van der Waals surface area contributed by atoms with E-state index < -0.39 is 17.9 Å². The van der Waals surface area contributed by atoms with E-state index in [1.165, 1.54) is 18.4 Å². The molecule has 1 aromatic rings. The Labute approximate surface area is 197 Å². The second-order valence-corrected chi connectivity index (χ2v) is 10.6. The Balaban J connectivity index is 1.51. The Morgan fingerprint density at radius 2 is 2.09 bits per heavy atom. The molecule has 1 aliphatic heterocycles. The molecule has 2 saturated carbocycles. The molecule has 1 spiro atoms. The molecule has 3 aliphatic rings. The summed E-state index contributed by atoms with van der Waals surface area (Å²) in [6.07, 6.45) is 7.77. The van der Waals surface area contributed by atoms with Crippen LogP contribution in [0.4, 0.5) is 5.69 Å². The first-order valence-corrected chi connectivity index (χ1v) is 12.4. The van der Waals surface area contributed by atoms with Gasteiger partial charge < -0.3 is 15.0 Å². The summed E-state index contributed by atoms with van der Waals surface area (Å²) in [6.45, 7) is 0.429. The molecule has 2 N–H and O–H groups in total. The fourth-order valence-electron chi connectivity index (χ4n) is 5.34. The van der Waals surface area contributed by atoms with Gasteiger partial charge >= 0.3 is 5.97 Å². The van der Waals surface area contributed by atoms with Gasteiger partial charge in [-0.1, -0.05) is 25.7 Å². The van der Waals surface area contributed by atoms with Crippen molar-refractivity contribution in [2.75, 3.05) is 25.5 Å². The molecule has 2 atom stereocenters. The number of anilines is 1. The number of hydrogen-bond donors (Lipinski definition) is 2. The lowest BCUT2D eigenvalue weighted by Crippen LogP contribution is -2.48. The molecule has 3 amide bonds. The average Bonchev–Trinajstić information content (AvgIpc) is 3.19. The number of rotatable bonds is 9. The SMILES string of the molecule is COC(=O)c1sccc1NC(=O)[C@@H]1CC2(CC2)CN1C(=O)C(CC1CCCC1)CN(O)C=O. The first kappa shape index (κ1) is 23.7. The standard InChI is InChI=1S/C23H31N3O6S/c1-32-22(30)19-17(6-9-33-19)24-20(28)18-11-23(7-8-23)13-26(18)21(29)16(12-25(31)14-27)10-15-4-2-3-5-15/h6,9,14-16,18,31H,2-5,7-8,10-13H2,1H3,(H,24,28)/t16?,18-/m0/s1. The molecular weight excluding hydrogens is 446 g/mol. The Morgan fingerprint density at radius 1 is 1.36 bits per heavy atom. The van der Waals surface area contributed by atoms with Gasteiger partial charge in [-0.05, 0) is 48.5 Å². The maximum absolute atomic E-state index is 13.7. The highest BCUT2D eigenvalue weighted by Crippen LogP contribution is 2.55. The van der Waals surface area contributed by atoms with E-state index in [9.17, 15) is 24.4 Å². The van der Waals surface area contributed by atoms with Gasteiger partial charge in [-0.2, -0.15) is 0 Å². The summed E-state index contributed by atoms with van der Waals surface area (Å²) in [7, 11) is 1.29. The second kappa shape index (κ2) is 9.80. The third-order valence-electron chi connectivity index (χ3n) is 7.32. The van der Waals surface area contributed by atoms with E-state index in [-0.39, 0.29) is 23.8 Å². The van der Waals surface area contributed by atoms with Crippen molar-refractivity contribution in [1.82, 2.24) is 9.96 Å². The van der Waals surface area contributed by atoms with Crippen LogP contribution in [0.25, 0.3) is 0 Å². The van der Waals surface area contributed by atoms with E-state index in [0.717, 1.165) is 38.5 Å². The molecule has 9 nitrogen and oxygen atoms in total. The van der Waals surface area contributed by atoms with E-state index in [0.29, 0.717) is 47.3 Å². The number of carbonyl (C=O) groups is 4. The van der Waals surface area contributed by atoms with Crippen LogP contribution in [0.5, 0.6) is 0 Å². The Kier molecular flexibility index (Phi) is 7.04. The summed E-state index contributed by atoms with van der Waals surface area (Å²) >= 11 is 1.18. The van der Waals surface area contributed by atoms with Gasteiger partial charge in [0.25, 0.3) is 0 Å². The third-order valence-corrected chi connectivity index (χ3v) is 8.21. The van der Waals surface area contributed by atoms with Crippen LogP contribution < -0.4 is 5.32 Å². The number of hydrogen-bond acceptors (Lipinski definition) is 7. The molecule has 4 rings (SSSR count). The van der Waals surface area contributed by atoms with Crippen LogP contribution in [0.15, 0.2) is 11.4 Å². The van der Waals surface area contributed by atoms with E-state index in [4.69, 9.17) is 4.74 Å². The molecular formula is C23H31N3O6S. The summed E-state index contributed by atoms with van der Waals surface area (Å²) in [5.74, 6) is -1.21. The maximum Gasteiger partial charge on any atom is 0.350 e. The maximum atomic E-state index is 13.7. The summed E-state index contributed by atoms with van der Waals surface area (Å²) in [5.41, 5.74) is 0.352. The summed E-state index contributed by atoms with van der Waals surface area (Å²) in [6, 6.07) is 0.999. The van der Waals surface area contributed by atoms with Gasteiger partial charge in [0.15, 0.2) is 0 Å². The van der Waals surface area contributed by atoms with Crippen LogP contribution in [0.1, 0.15) is 61.0 Å². The number of ether oxygens (including phenoxy) is 1. The van der Waals surface area contributed by atoms with Gasteiger partial charge in [-0.3, -0.25) is 19.6 Å². The molecule has 1 unspecified atom stereocenters. The van der Waals surface area contributed by atoms with Gasteiger partial charge in [0.1, 0.15) is 10.9 Å². The number of thiophene rings is 1. The molecule has 1 aromatic heterocycles. The zero-order valence-corrected chi connectivity index (χ0v) is 19.6. The number of amides is 3. The van der Waals surface area contributed by atoms with Gasteiger partial charge in [0, 0.05) is 6.54 Å². The summed E-state index contributed by atoms with van der Waals surface area (Å²) in [5, 5.41) is 14.9. The molecule has 33 heavy (non-hydrogen) atoms. The number of likely N-dealkylation sites (tertiary alicyclic amines) is 1. The van der Waals surface area contributed by atoms with Crippen LogP contribution in [-0.2, 0) is 19.1 Å². The van der Waals surface area contributed by atoms with E-state index in [1.807, 2.05) is 0 Å². The average molecular weight is 478 g/mol. The van der Waals surface area contributed by atoms with Crippen molar-refractivity contribution >= 4 is 41.2 Å². The highest BCUT2D eigenvalue weighted by molar-refractivity contribution is 7.12. The van der Waals surface area contributed by atoms with Crippen molar-refractivity contribution in [3.8, 4) is 0 Å². The van der Waals surface area contributed by atoms with Crippen LogP contribution in [0.3, 0.4) is 0 Å². The van der Waals surface area contributed by atoms with E-state index >= 15 is 0 Å². The van der Waals surface area contributed by atoms with Gasteiger partial charge in [-0.15, -0.1) is 11.3 Å². The smallest absolute Gasteiger partial charge is 0.350 e. The number of carbonyl (C=O) groups excluding carboxylic acids is 4. The number of hydroxylamine groups is 2. The first-order chi connectivity index (χ1) is 15.9. The van der Waals surface area contributed by atoms with Crippen molar-refractivity contribution < 1.29 is 29.1 Å². The largest absolute Gasteiger partial charge is 0.465 e. The lowest BCUT2D eigenvalue weighted by molar-refractivity contribution is -0.158. The zero-order valence-electron chi connectivity index (χ0n) is 18.8. The van der Waals surface area contributed by atoms with Crippen LogP contribution in [-0.4, -0.2) is 65.6 Å². The Hall–Kier alpha value is -2.46. The Morgan fingerprint density at radius 3 is 2.73 bits per heavy atom. The number of esters is 1. The van der Waals surface area contributed by atoms with Crippen molar-refractivity contribution in [2.45, 2.75) is 57.4 Å². The quantitative estimate of drug-likeness (QED) is 0.245. The van der Waals surface area contributed by atoms with E-state index in [1.54, 1.807) is 16.3 Å². The number of nitrogens with zero attached hydrogens (tertiary/aromatic N) is 2. The molecule has 2 heterocycles. The summed E-state index contributed by atoms with van der Waals surface area (Å²) in [4.78, 5) is 51.9. The fourth-order valence-corrected chi connectivity index (χ4v) is 6.11. The Bertz CT molecular complexity index is 908. The monoisotopic (exact) mass is 477 g/mol. The predicted molar refractivity (Wildman–Crippen MR) is 121 cm³/mol. The fraction of sp³-hybridized carbons (Fsp3) is 0.652. The van der Waals surface area contributed by atoms with Crippen molar-refractivity contribution in [1.29, 1.82) is 0 Å². The van der Waals surface area contributed by atoms with Crippen molar-refractivity contribution in [3.63, 3.8) is 0 Å². The minimum absolute atomic E-state index is 0.0288. The highest BCUT2D eigenvalue weighted by Gasteiger charge is 2.56. The normalized spacial score (nSPS) is 22.2. The first-order valence-electron chi connectivity index (χ1n) is 11.5. The van der Waals surface area contributed by atoms with Crippen LogP contribution >= 0.6 is 11.3 Å². The van der Waals surface area contributed by atoms with Crippen LogP contribution in [0.2, 0.25) is 0 Å². The summed E-state index contributed by atoms with van der Waals surface area (Å²) < 4.78 is 4.79. The van der Waals surface area contributed by atoms with Crippen molar-refractivity contribution in [3.05, 3.63) is 16.3 Å². The zero-order chi connectivity index (χ0) is 23.6. The molecule has 2 aliphatic carbocycles. The van der Waals surface area contributed by atoms with Gasteiger partial charge in [0.2, 0.25) is 18.2 Å². The predicted octanol–water partition coefficient (Wildman–Crippen LogP) is 2.90. The minimum atomic E-state index is -0.653. The van der Waals surface area contributed by atoms with Gasteiger partial charge in [-0.25, -0.2) is 9.86 Å². The highest BCUT2D eigenvalue weighted by atomic mass is 32.1. The molecule has 0 aromatic carbocycles. The van der Waals surface area contributed by atoms with Crippen LogP contribution in [0, 0.1) is 17.3 Å². The number of methoxy groups -OCH3 is 1. The van der Waals surface area contributed by atoms with Crippen molar-refractivity contribution in [2.24, 2.45) is 17.3 Å². The number of nitrogens with one attached hydrogen (secondary N) is 1. The minimum Gasteiger partial charge on any atom is -0.465 e. The third kappa shape index (κ3) is 5.22.